The molecule has 0 unspecified atom stereocenters. The summed E-state index contributed by atoms with van der Waals surface area (Å²) in [5.41, 5.74) is 1.18. The van der Waals surface area contributed by atoms with Gasteiger partial charge in [-0.1, -0.05) is 30.3 Å². The molecule has 6 nitrogen and oxygen atoms in total. The van der Waals surface area contributed by atoms with Crippen LogP contribution in [0.2, 0.25) is 0 Å². The van der Waals surface area contributed by atoms with Crippen LogP contribution in [-0.2, 0) is 14.3 Å². The monoisotopic (exact) mass is 351 g/mol. The number of amides is 1. The molecular formula is C20H17NO5. The van der Waals surface area contributed by atoms with Gasteiger partial charge in [0, 0.05) is 5.69 Å². The molecule has 1 heterocycles. The lowest BCUT2D eigenvalue weighted by Gasteiger charge is -2.07. The van der Waals surface area contributed by atoms with E-state index in [-0.39, 0.29) is 22.7 Å². The first-order valence-corrected chi connectivity index (χ1v) is 7.88. The Morgan fingerprint density at radius 2 is 1.73 bits per heavy atom. The Morgan fingerprint density at radius 1 is 1.08 bits per heavy atom. The average molecular weight is 351 g/mol. The molecule has 1 amide bonds. The Kier molecular flexibility index (Phi) is 4.75. The zero-order chi connectivity index (χ0) is 18.7. The van der Waals surface area contributed by atoms with E-state index < -0.39 is 11.9 Å². The zero-order valence-corrected chi connectivity index (χ0v) is 14.3. The number of hydrogen-bond donors (Lipinski definition) is 2. The number of benzene rings is 2. The van der Waals surface area contributed by atoms with Crippen molar-refractivity contribution in [1.29, 1.82) is 0 Å². The molecule has 26 heavy (non-hydrogen) atoms. The van der Waals surface area contributed by atoms with Crippen molar-refractivity contribution in [3.05, 3.63) is 77.3 Å². The van der Waals surface area contributed by atoms with Gasteiger partial charge in [0.2, 0.25) is 0 Å². The van der Waals surface area contributed by atoms with E-state index in [0.717, 1.165) is 0 Å². The van der Waals surface area contributed by atoms with E-state index in [1.54, 1.807) is 48.5 Å². The highest BCUT2D eigenvalue weighted by Crippen LogP contribution is 2.34. The molecule has 0 saturated carbocycles. The van der Waals surface area contributed by atoms with Crippen molar-refractivity contribution in [2.45, 2.75) is 6.92 Å². The molecule has 2 aromatic rings. The predicted octanol–water partition coefficient (Wildman–Crippen LogP) is 3.43. The zero-order valence-electron chi connectivity index (χ0n) is 14.3. The normalized spacial score (nSPS) is 15.5. The third-order valence-corrected chi connectivity index (χ3v) is 3.94. The highest BCUT2D eigenvalue weighted by Gasteiger charge is 2.33. The van der Waals surface area contributed by atoms with Gasteiger partial charge in [0.05, 0.1) is 12.7 Å². The number of aliphatic hydroxyl groups is 1. The third kappa shape index (κ3) is 3.30. The molecule has 0 fully saturated rings. The number of aliphatic hydroxyl groups excluding tert-OH is 1. The number of rotatable bonds is 4. The molecule has 0 aromatic heterocycles. The lowest BCUT2D eigenvalue weighted by Crippen LogP contribution is -2.15. The summed E-state index contributed by atoms with van der Waals surface area (Å²) in [6.45, 7) is 1.48. The molecule has 2 aromatic carbocycles. The van der Waals surface area contributed by atoms with Gasteiger partial charge in [0.1, 0.15) is 11.3 Å². The number of esters is 1. The lowest BCUT2D eigenvalue weighted by atomic mass is 10.0. The van der Waals surface area contributed by atoms with Crippen molar-refractivity contribution < 1.29 is 24.2 Å². The van der Waals surface area contributed by atoms with Crippen molar-refractivity contribution in [2.75, 3.05) is 12.4 Å². The minimum Gasteiger partial charge on any atom is -0.504 e. The summed E-state index contributed by atoms with van der Waals surface area (Å²) >= 11 is 0. The number of carbonyl (C=O) groups is 2. The number of ether oxygens (including phenoxy) is 2. The van der Waals surface area contributed by atoms with E-state index in [1.807, 2.05) is 6.07 Å². The summed E-state index contributed by atoms with van der Waals surface area (Å²) in [6.07, 6.45) is 0. The van der Waals surface area contributed by atoms with Crippen LogP contribution in [0.4, 0.5) is 5.69 Å². The summed E-state index contributed by atoms with van der Waals surface area (Å²) in [5, 5.41) is 13.1. The first-order chi connectivity index (χ1) is 12.5. The van der Waals surface area contributed by atoms with Gasteiger partial charge in [-0.3, -0.25) is 4.79 Å². The first kappa shape index (κ1) is 17.3. The van der Waals surface area contributed by atoms with E-state index in [4.69, 9.17) is 9.47 Å². The van der Waals surface area contributed by atoms with Crippen LogP contribution in [0.5, 0.6) is 5.75 Å². The maximum absolute atomic E-state index is 12.4. The number of carbonyl (C=O) groups excluding carboxylic acids is 2. The van der Waals surface area contributed by atoms with Crippen molar-refractivity contribution in [2.24, 2.45) is 0 Å². The van der Waals surface area contributed by atoms with Gasteiger partial charge in [-0.25, -0.2) is 4.79 Å². The molecule has 1 aliphatic heterocycles. The number of nitrogens with one attached hydrogen (secondary N) is 1. The van der Waals surface area contributed by atoms with Gasteiger partial charge in [0.25, 0.3) is 5.91 Å². The summed E-state index contributed by atoms with van der Waals surface area (Å²) in [6, 6.07) is 15.5. The van der Waals surface area contributed by atoms with Crippen molar-refractivity contribution >= 4 is 23.1 Å². The maximum Gasteiger partial charge on any atom is 0.348 e. The van der Waals surface area contributed by atoms with Gasteiger partial charge >= 0.3 is 5.97 Å². The molecule has 6 heteroatoms. The largest absolute Gasteiger partial charge is 0.504 e. The molecule has 132 valence electrons. The van der Waals surface area contributed by atoms with Gasteiger partial charge < -0.3 is 19.9 Å². The van der Waals surface area contributed by atoms with Crippen LogP contribution in [0.1, 0.15) is 12.5 Å². The number of hydrogen-bond acceptors (Lipinski definition) is 5. The third-order valence-electron chi connectivity index (χ3n) is 3.94. The molecule has 2 N–H and O–H groups in total. The van der Waals surface area contributed by atoms with E-state index in [0.29, 0.717) is 17.0 Å². The number of methoxy groups -OCH3 is 1. The topological polar surface area (TPSA) is 84.9 Å². The van der Waals surface area contributed by atoms with Gasteiger partial charge in [-0.2, -0.15) is 0 Å². The average Bonchev–Trinajstić information content (AvgIpc) is 2.96. The minimum absolute atomic E-state index is 0.00881. The highest BCUT2D eigenvalue weighted by molar-refractivity contribution is 6.21. The Bertz CT molecular complexity index is 911. The lowest BCUT2D eigenvalue weighted by molar-refractivity contribution is -0.131. The van der Waals surface area contributed by atoms with Crippen LogP contribution in [0.25, 0.3) is 5.57 Å². The Balaban J connectivity index is 1.92. The van der Waals surface area contributed by atoms with E-state index in [9.17, 15) is 14.7 Å². The van der Waals surface area contributed by atoms with Gasteiger partial charge in [-0.05, 0) is 36.8 Å². The Labute approximate surface area is 150 Å². The maximum atomic E-state index is 12.4. The summed E-state index contributed by atoms with van der Waals surface area (Å²) in [5.74, 6) is -1.07. The SMILES string of the molecule is COc1ccc(C2=C(O)/C(=C(/C)C(=O)Nc3ccccc3)OC2=O)cc1. The quantitative estimate of drug-likeness (QED) is 0.651. The molecule has 0 saturated heterocycles. The Hall–Kier alpha value is -3.54. The summed E-state index contributed by atoms with van der Waals surface area (Å²) in [7, 11) is 1.53. The van der Waals surface area contributed by atoms with Crippen LogP contribution in [-0.4, -0.2) is 24.1 Å². The van der Waals surface area contributed by atoms with Crippen molar-refractivity contribution in [1.82, 2.24) is 0 Å². The molecule has 1 aliphatic rings. The molecule has 3 rings (SSSR count). The summed E-state index contributed by atoms with van der Waals surface area (Å²) < 4.78 is 10.2. The second kappa shape index (κ2) is 7.14. The molecule has 0 aliphatic carbocycles. The fourth-order valence-electron chi connectivity index (χ4n) is 2.52. The van der Waals surface area contributed by atoms with Crippen LogP contribution in [0.15, 0.2) is 71.7 Å². The summed E-state index contributed by atoms with van der Waals surface area (Å²) in [4.78, 5) is 24.6. The first-order valence-electron chi connectivity index (χ1n) is 7.88. The predicted molar refractivity (Wildman–Crippen MR) is 96.4 cm³/mol. The second-order valence-corrected chi connectivity index (χ2v) is 5.62. The van der Waals surface area contributed by atoms with Crippen molar-refractivity contribution in [3.63, 3.8) is 0 Å². The van der Waals surface area contributed by atoms with E-state index in [1.165, 1.54) is 14.0 Å². The van der Waals surface area contributed by atoms with Crippen LogP contribution in [0, 0.1) is 0 Å². The molecule has 0 atom stereocenters. The second-order valence-electron chi connectivity index (χ2n) is 5.62. The molecule has 0 radical (unpaired) electrons. The molecule has 0 bridgehead atoms. The highest BCUT2D eigenvalue weighted by atomic mass is 16.6. The standard InChI is InChI=1S/C20H17NO5/c1-12(19(23)21-14-6-4-3-5-7-14)18-17(22)16(20(24)26-18)13-8-10-15(25-2)11-9-13/h3-11,22H,1-2H3,(H,21,23)/b18-12+. The molecule has 0 spiro atoms. The van der Waals surface area contributed by atoms with Gasteiger partial charge in [-0.15, -0.1) is 0 Å². The fourth-order valence-corrected chi connectivity index (χ4v) is 2.52. The number of anilines is 1. The number of para-hydroxylation sites is 1. The van der Waals surface area contributed by atoms with E-state index in [2.05, 4.69) is 5.32 Å². The number of cyclic esters (lactones) is 1. The van der Waals surface area contributed by atoms with Crippen LogP contribution >= 0.6 is 0 Å². The van der Waals surface area contributed by atoms with Crippen LogP contribution in [0.3, 0.4) is 0 Å². The van der Waals surface area contributed by atoms with Crippen LogP contribution < -0.4 is 10.1 Å². The fraction of sp³-hybridized carbons (Fsp3) is 0.100. The van der Waals surface area contributed by atoms with Crippen molar-refractivity contribution in [3.8, 4) is 5.75 Å². The Morgan fingerprint density at radius 3 is 2.35 bits per heavy atom. The molecular weight excluding hydrogens is 334 g/mol. The van der Waals surface area contributed by atoms with Gasteiger partial charge in [0.15, 0.2) is 11.5 Å². The smallest absolute Gasteiger partial charge is 0.348 e. The minimum atomic E-state index is -0.713. The van der Waals surface area contributed by atoms with E-state index >= 15 is 0 Å².